The topological polar surface area (TPSA) is 79.8 Å². The third-order valence-electron chi connectivity index (χ3n) is 2.49. The Morgan fingerprint density at radius 2 is 2.10 bits per heavy atom. The van der Waals surface area contributed by atoms with Gasteiger partial charge in [0, 0.05) is 24.6 Å². The summed E-state index contributed by atoms with van der Waals surface area (Å²) in [5.74, 6) is -1.34. The van der Waals surface area contributed by atoms with Crippen LogP contribution in [0, 0.1) is 0 Å². The van der Waals surface area contributed by atoms with Crippen LogP contribution in [-0.2, 0) is 9.59 Å². The monoisotopic (exact) mass is 301 g/mol. The number of nitrogens with zero attached hydrogens (tertiary/aromatic N) is 1. The van der Waals surface area contributed by atoms with Crippen LogP contribution in [0.5, 0.6) is 5.75 Å². The maximum atomic E-state index is 12.1. The molecule has 112 valence electrons. The van der Waals surface area contributed by atoms with Crippen molar-refractivity contribution in [2.24, 2.45) is 5.10 Å². The van der Waals surface area contributed by atoms with Crippen molar-refractivity contribution in [3.8, 4) is 5.75 Å². The Morgan fingerprint density at radius 1 is 1.33 bits per heavy atom. The number of ether oxygens (including phenoxy) is 1. The molecule has 0 saturated heterocycles. The Labute approximate surface area is 117 Å². The van der Waals surface area contributed by atoms with E-state index in [1.807, 2.05) is 0 Å². The van der Waals surface area contributed by atoms with Crippen LogP contribution >= 0.6 is 0 Å². The molecule has 1 aromatic carbocycles. The van der Waals surface area contributed by atoms with Crippen LogP contribution < -0.4 is 15.5 Å². The van der Waals surface area contributed by atoms with Crippen LogP contribution in [0.3, 0.4) is 0 Å². The minimum atomic E-state index is -4.81. The number of amides is 2. The Hall–Kier alpha value is -2.58. The van der Waals surface area contributed by atoms with Crippen LogP contribution in [0.2, 0.25) is 0 Å². The van der Waals surface area contributed by atoms with E-state index in [0.29, 0.717) is 0 Å². The van der Waals surface area contributed by atoms with Gasteiger partial charge in [-0.05, 0) is 12.1 Å². The molecule has 0 spiro atoms. The van der Waals surface area contributed by atoms with Gasteiger partial charge < -0.3 is 10.1 Å². The van der Waals surface area contributed by atoms with Gasteiger partial charge in [0.15, 0.2) is 0 Å². The highest BCUT2D eigenvalue weighted by Gasteiger charge is 2.31. The number of hydrazone groups is 1. The molecular weight excluding hydrogens is 291 g/mol. The lowest BCUT2D eigenvalue weighted by Gasteiger charge is -2.13. The van der Waals surface area contributed by atoms with Gasteiger partial charge in [-0.15, -0.1) is 13.2 Å². The second kappa shape index (κ2) is 5.81. The van der Waals surface area contributed by atoms with E-state index in [9.17, 15) is 22.8 Å². The number of hydrogen-bond acceptors (Lipinski definition) is 4. The zero-order chi connectivity index (χ0) is 15.5. The van der Waals surface area contributed by atoms with Gasteiger partial charge in [0.1, 0.15) is 11.5 Å². The quantitative estimate of drug-likeness (QED) is 0.893. The molecule has 0 aromatic heterocycles. The van der Waals surface area contributed by atoms with Crippen molar-refractivity contribution in [3.05, 3.63) is 24.3 Å². The van der Waals surface area contributed by atoms with Crippen LogP contribution in [0.4, 0.5) is 18.9 Å². The highest BCUT2D eigenvalue weighted by atomic mass is 19.4. The summed E-state index contributed by atoms with van der Waals surface area (Å²) < 4.78 is 40.0. The number of carbonyl (C=O) groups excluding carboxylic acids is 2. The molecule has 2 N–H and O–H groups in total. The molecule has 6 nitrogen and oxygen atoms in total. The first-order valence-electron chi connectivity index (χ1n) is 5.86. The number of halogens is 3. The lowest BCUT2D eigenvalue weighted by Crippen LogP contribution is -2.32. The number of hydrogen-bond donors (Lipinski definition) is 2. The molecule has 9 heteroatoms. The molecule has 0 aliphatic carbocycles. The van der Waals surface area contributed by atoms with Gasteiger partial charge in [-0.1, -0.05) is 6.07 Å². The summed E-state index contributed by atoms with van der Waals surface area (Å²) in [4.78, 5) is 22.7. The Balaban J connectivity index is 2.04. The van der Waals surface area contributed by atoms with Gasteiger partial charge in [-0.25, -0.2) is 5.43 Å². The number of anilines is 1. The molecule has 21 heavy (non-hydrogen) atoms. The van der Waals surface area contributed by atoms with Crippen molar-refractivity contribution in [2.75, 3.05) is 5.32 Å². The molecule has 0 atom stereocenters. The van der Waals surface area contributed by atoms with E-state index in [1.165, 1.54) is 12.1 Å². The fourth-order valence-corrected chi connectivity index (χ4v) is 1.61. The number of nitrogens with one attached hydrogen (secondary N) is 2. The zero-order valence-electron chi connectivity index (χ0n) is 10.5. The predicted octanol–water partition coefficient (Wildman–Crippen LogP) is 1.79. The number of rotatable bonds is 3. The third kappa shape index (κ3) is 4.48. The van der Waals surface area contributed by atoms with Crippen LogP contribution in [0.1, 0.15) is 12.8 Å². The second-order valence-corrected chi connectivity index (χ2v) is 4.12. The van der Waals surface area contributed by atoms with Crippen molar-refractivity contribution in [1.29, 1.82) is 0 Å². The van der Waals surface area contributed by atoms with E-state index in [4.69, 9.17) is 0 Å². The maximum absolute atomic E-state index is 12.1. The minimum absolute atomic E-state index is 0.0942. The number of carbonyl (C=O) groups is 2. The summed E-state index contributed by atoms with van der Waals surface area (Å²) in [6.07, 6.45) is -4.51. The zero-order valence-corrected chi connectivity index (χ0v) is 10.5. The molecule has 0 bridgehead atoms. The largest absolute Gasteiger partial charge is 0.573 e. The first kappa shape index (κ1) is 14.8. The molecule has 0 saturated carbocycles. The van der Waals surface area contributed by atoms with Gasteiger partial charge in [0.05, 0.1) is 0 Å². The van der Waals surface area contributed by atoms with Gasteiger partial charge >= 0.3 is 6.36 Å². The number of benzene rings is 1. The van der Waals surface area contributed by atoms with Crippen LogP contribution in [-0.4, -0.2) is 23.9 Å². The summed E-state index contributed by atoms with van der Waals surface area (Å²) >= 11 is 0. The predicted molar refractivity (Wildman–Crippen MR) is 66.6 cm³/mol. The van der Waals surface area contributed by atoms with Gasteiger partial charge in [0.2, 0.25) is 5.91 Å². The smallest absolute Gasteiger partial charge is 0.406 e. The molecule has 2 amide bonds. The summed E-state index contributed by atoms with van der Waals surface area (Å²) in [5, 5.41) is 5.97. The van der Waals surface area contributed by atoms with Crippen molar-refractivity contribution in [1.82, 2.24) is 5.43 Å². The number of alkyl halides is 3. The van der Waals surface area contributed by atoms with E-state index < -0.39 is 18.0 Å². The lowest BCUT2D eigenvalue weighted by molar-refractivity contribution is -0.274. The van der Waals surface area contributed by atoms with E-state index >= 15 is 0 Å². The third-order valence-corrected chi connectivity index (χ3v) is 2.49. The molecule has 0 fully saturated rings. The summed E-state index contributed by atoms with van der Waals surface area (Å²) in [5.41, 5.74) is 2.38. The fraction of sp³-hybridized carbons (Fsp3) is 0.250. The Kier molecular flexibility index (Phi) is 4.10. The molecule has 1 aliphatic heterocycles. The SMILES string of the molecule is O=C1CCC(C(=O)Nc2cccc(OC(F)(F)F)c2)=NN1. The van der Waals surface area contributed by atoms with Crippen molar-refractivity contribution in [2.45, 2.75) is 19.2 Å². The second-order valence-electron chi connectivity index (χ2n) is 4.12. The molecule has 2 rings (SSSR count). The van der Waals surface area contributed by atoms with Gasteiger partial charge in [-0.3, -0.25) is 9.59 Å². The Bertz CT molecular complexity index is 599. The highest BCUT2D eigenvalue weighted by Crippen LogP contribution is 2.25. The first-order valence-corrected chi connectivity index (χ1v) is 5.86. The average molecular weight is 301 g/mol. The summed E-state index contributed by atoms with van der Waals surface area (Å²) in [7, 11) is 0. The maximum Gasteiger partial charge on any atom is 0.573 e. The summed E-state index contributed by atoms with van der Waals surface area (Å²) in [6.45, 7) is 0. The van der Waals surface area contributed by atoms with Crippen molar-refractivity contribution >= 4 is 23.2 Å². The molecule has 1 aromatic rings. The molecule has 1 aliphatic rings. The highest BCUT2D eigenvalue weighted by molar-refractivity contribution is 6.43. The van der Waals surface area contributed by atoms with E-state index in [2.05, 4.69) is 20.6 Å². The van der Waals surface area contributed by atoms with Crippen molar-refractivity contribution < 1.29 is 27.5 Å². The van der Waals surface area contributed by atoms with Crippen LogP contribution in [0.25, 0.3) is 0 Å². The van der Waals surface area contributed by atoms with Crippen LogP contribution in [0.15, 0.2) is 29.4 Å². The molecule has 0 unspecified atom stereocenters. The van der Waals surface area contributed by atoms with Gasteiger partial charge in [0.25, 0.3) is 5.91 Å². The standard InChI is InChI=1S/C12H10F3N3O3/c13-12(14,15)21-8-3-1-2-7(6-8)16-11(20)9-4-5-10(19)18-17-9/h1-3,6H,4-5H2,(H,16,20)(H,18,19). The van der Waals surface area contributed by atoms with E-state index in [-0.39, 0.29) is 30.1 Å². The van der Waals surface area contributed by atoms with E-state index in [0.717, 1.165) is 12.1 Å². The van der Waals surface area contributed by atoms with Crippen molar-refractivity contribution in [3.63, 3.8) is 0 Å². The molecular formula is C12H10F3N3O3. The van der Waals surface area contributed by atoms with Gasteiger partial charge in [-0.2, -0.15) is 5.10 Å². The average Bonchev–Trinajstić information content (AvgIpc) is 2.37. The fourth-order valence-electron chi connectivity index (χ4n) is 1.61. The first-order chi connectivity index (χ1) is 9.83. The lowest BCUT2D eigenvalue weighted by atomic mass is 10.1. The molecule has 0 radical (unpaired) electrons. The summed E-state index contributed by atoms with van der Waals surface area (Å²) in [6, 6.07) is 4.86. The van der Waals surface area contributed by atoms with E-state index in [1.54, 1.807) is 0 Å². The Morgan fingerprint density at radius 3 is 2.71 bits per heavy atom. The normalized spacial score (nSPS) is 15.0. The minimum Gasteiger partial charge on any atom is -0.406 e. The molecule has 1 heterocycles.